The zero-order chi connectivity index (χ0) is 18.4. The van der Waals surface area contributed by atoms with Crippen LogP contribution >= 0.6 is 11.8 Å². The first-order chi connectivity index (χ1) is 11.6. The maximum atomic E-state index is 13.0. The van der Waals surface area contributed by atoms with E-state index in [-0.39, 0.29) is 36.4 Å². The second-order valence-electron chi connectivity index (χ2n) is 8.71. The number of carbonyl (C=O) groups excluding carboxylic acids is 1. The summed E-state index contributed by atoms with van der Waals surface area (Å²) >= 11 is 1.80. The van der Waals surface area contributed by atoms with Crippen molar-refractivity contribution in [2.75, 3.05) is 18.6 Å². The Kier molecular flexibility index (Phi) is 5.44. The number of carbonyl (C=O) groups is 1. The number of thioether (sulfide) groups is 1. The lowest BCUT2D eigenvalue weighted by Crippen LogP contribution is -2.50. The standard InChI is InChI=1S/C18H31NO4SSi/c1-18(2)19(12(11-21-18)7-9-24-3)17(20)16-15(23-16)14-13(22-14)8-10-25(4,5)6/h8,10,12-16H,7,9,11H2,1-6H3/b10-8+/t12-,13+,14-,15+,16-/m0/s1. The van der Waals surface area contributed by atoms with Crippen molar-refractivity contribution in [3.05, 3.63) is 11.8 Å². The maximum absolute atomic E-state index is 13.0. The number of amides is 1. The molecule has 7 heteroatoms. The number of hydrogen-bond acceptors (Lipinski definition) is 5. The lowest BCUT2D eigenvalue weighted by atomic mass is 10.1. The van der Waals surface area contributed by atoms with Gasteiger partial charge < -0.3 is 19.1 Å². The van der Waals surface area contributed by atoms with Gasteiger partial charge in [-0.15, -0.1) is 0 Å². The molecule has 0 aromatic rings. The fraction of sp³-hybridized carbons (Fsp3) is 0.833. The summed E-state index contributed by atoms with van der Waals surface area (Å²) in [7, 11) is -1.22. The minimum atomic E-state index is -1.22. The molecule has 0 aromatic heterocycles. The van der Waals surface area contributed by atoms with Crippen LogP contribution in [0.25, 0.3) is 0 Å². The van der Waals surface area contributed by atoms with Crippen molar-refractivity contribution >= 4 is 25.7 Å². The number of nitrogens with zero attached hydrogens (tertiary/aromatic N) is 1. The molecule has 5 nitrogen and oxygen atoms in total. The van der Waals surface area contributed by atoms with Crippen LogP contribution in [0.15, 0.2) is 11.8 Å². The van der Waals surface area contributed by atoms with E-state index >= 15 is 0 Å². The van der Waals surface area contributed by atoms with Gasteiger partial charge in [0.15, 0.2) is 6.10 Å². The smallest absolute Gasteiger partial charge is 0.257 e. The van der Waals surface area contributed by atoms with Crippen LogP contribution in [0.3, 0.4) is 0 Å². The van der Waals surface area contributed by atoms with Gasteiger partial charge in [0.25, 0.3) is 5.91 Å². The third-order valence-corrected chi connectivity index (χ3v) is 6.74. The molecular weight excluding hydrogens is 354 g/mol. The van der Waals surface area contributed by atoms with Crippen molar-refractivity contribution in [1.29, 1.82) is 0 Å². The van der Waals surface area contributed by atoms with E-state index in [1.54, 1.807) is 11.8 Å². The average Bonchev–Trinajstić information content (AvgIpc) is 3.38. The Morgan fingerprint density at radius 2 is 2.00 bits per heavy atom. The maximum Gasteiger partial charge on any atom is 0.257 e. The predicted molar refractivity (Wildman–Crippen MR) is 103 cm³/mol. The highest BCUT2D eigenvalue weighted by atomic mass is 32.2. The second-order valence-corrected chi connectivity index (χ2v) is 14.8. The average molecular weight is 386 g/mol. The first-order valence-electron chi connectivity index (χ1n) is 9.10. The molecule has 0 radical (unpaired) electrons. The topological polar surface area (TPSA) is 54.6 Å². The molecule has 3 aliphatic heterocycles. The van der Waals surface area contributed by atoms with Gasteiger partial charge in [0, 0.05) is 0 Å². The Morgan fingerprint density at radius 3 is 2.64 bits per heavy atom. The lowest BCUT2D eigenvalue weighted by molar-refractivity contribution is -0.147. The molecule has 0 spiro atoms. The van der Waals surface area contributed by atoms with E-state index in [1.807, 2.05) is 18.7 Å². The molecule has 142 valence electrons. The van der Waals surface area contributed by atoms with Crippen LogP contribution in [0.5, 0.6) is 0 Å². The Bertz CT molecular complexity index is 548. The van der Waals surface area contributed by atoms with Crippen molar-refractivity contribution in [3.63, 3.8) is 0 Å². The Balaban J connectivity index is 1.56. The summed E-state index contributed by atoms with van der Waals surface area (Å²) in [6.45, 7) is 11.4. The van der Waals surface area contributed by atoms with E-state index in [0.717, 1.165) is 12.2 Å². The van der Waals surface area contributed by atoms with Gasteiger partial charge in [-0.2, -0.15) is 11.8 Å². The van der Waals surface area contributed by atoms with Gasteiger partial charge >= 0.3 is 0 Å². The van der Waals surface area contributed by atoms with Crippen molar-refractivity contribution < 1.29 is 19.0 Å². The monoisotopic (exact) mass is 385 g/mol. The fourth-order valence-electron chi connectivity index (χ4n) is 3.44. The first kappa shape index (κ1) is 19.4. The third kappa shape index (κ3) is 4.50. The van der Waals surface area contributed by atoms with Crippen molar-refractivity contribution in [3.8, 4) is 0 Å². The number of epoxide rings is 2. The summed E-state index contributed by atoms with van der Waals surface area (Å²) in [5, 5.41) is 0. The molecule has 0 aromatic carbocycles. The van der Waals surface area contributed by atoms with Gasteiger partial charge in [0.1, 0.15) is 24.0 Å². The van der Waals surface area contributed by atoms with Gasteiger partial charge in [-0.25, -0.2) is 0 Å². The van der Waals surface area contributed by atoms with Gasteiger partial charge in [0.2, 0.25) is 0 Å². The molecule has 3 rings (SSSR count). The zero-order valence-corrected chi connectivity index (χ0v) is 18.0. The number of ether oxygens (including phenoxy) is 3. The summed E-state index contributed by atoms with van der Waals surface area (Å²) in [5.41, 5.74) is 1.74. The van der Waals surface area contributed by atoms with Crippen LogP contribution < -0.4 is 0 Å². The van der Waals surface area contributed by atoms with E-state index in [1.165, 1.54) is 0 Å². The van der Waals surface area contributed by atoms with Gasteiger partial charge in [-0.05, 0) is 32.3 Å². The van der Waals surface area contributed by atoms with E-state index in [4.69, 9.17) is 14.2 Å². The summed E-state index contributed by atoms with van der Waals surface area (Å²) in [4.78, 5) is 14.9. The number of hydrogen-bond donors (Lipinski definition) is 0. The Hall–Kier alpha value is -0.343. The molecule has 25 heavy (non-hydrogen) atoms. The molecule has 3 saturated heterocycles. The molecule has 0 N–H and O–H groups in total. The van der Waals surface area contributed by atoms with Crippen LogP contribution in [0, 0.1) is 0 Å². The van der Waals surface area contributed by atoms with E-state index in [0.29, 0.717) is 6.61 Å². The van der Waals surface area contributed by atoms with Crippen molar-refractivity contribution in [1.82, 2.24) is 4.90 Å². The SMILES string of the molecule is CSCC[C@H]1COC(C)(C)N1C(=O)[C@H]1O[C@@H]1[C@H]1O[C@@H]1/C=C/[Si](C)(C)C. The Morgan fingerprint density at radius 1 is 1.28 bits per heavy atom. The minimum absolute atomic E-state index is 0.0397. The molecule has 3 heterocycles. The molecule has 0 saturated carbocycles. The van der Waals surface area contributed by atoms with Crippen LogP contribution in [-0.4, -0.2) is 73.7 Å². The Labute approximate surface area is 156 Å². The third-order valence-electron chi connectivity index (χ3n) is 4.91. The summed E-state index contributed by atoms with van der Waals surface area (Å²) < 4.78 is 17.3. The van der Waals surface area contributed by atoms with Crippen LogP contribution in [0.2, 0.25) is 19.6 Å². The lowest BCUT2D eigenvalue weighted by Gasteiger charge is -2.33. The van der Waals surface area contributed by atoms with Crippen molar-refractivity contribution in [2.45, 2.75) is 76.1 Å². The van der Waals surface area contributed by atoms with Gasteiger partial charge in [0.05, 0.1) is 20.7 Å². The molecular formula is C18H31NO4SSi. The van der Waals surface area contributed by atoms with Crippen LogP contribution in [0.4, 0.5) is 0 Å². The molecule has 5 atom stereocenters. The summed E-state index contributed by atoms with van der Waals surface area (Å²) in [6, 6.07) is 0.141. The normalized spacial score (nSPS) is 36.9. The highest BCUT2D eigenvalue weighted by molar-refractivity contribution is 7.98. The largest absolute Gasteiger partial charge is 0.362 e. The minimum Gasteiger partial charge on any atom is -0.362 e. The highest BCUT2D eigenvalue weighted by Gasteiger charge is 2.62. The predicted octanol–water partition coefficient (Wildman–Crippen LogP) is 2.67. The first-order valence-corrected chi connectivity index (χ1v) is 14.1. The van der Waals surface area contributed by atoms with E-state index in [2.05, 4.69) is 37.7 Å². The van der Waals surface area contributed by atoms with Gasteiger partial charge in [-0.3, -0.25) is 4.79 Å². The summed E-state index contributed by atoms with van der Waals surface area (Å²) in [5.74, 6) is 1.08. The van der Waals surface area contributed by atoms with Crippen molar-refractivity contribution in [2.24, 2.45) is 0 Å². The molecule has 1 amide bonds. The second kappa shape index (κ2) is 7.00. The quantitative estimate of drug-likeness (QED) is 0.498. The zero-order valence-electron chi connectivity index (χ0n) is 16.2. The molecule has 0 unspecified atom stereocenters. The molecule has 3 aliphatic rings. The van der Waals surface area contributed by atoms with E-state index in [9.17, 15) is 4.79 Å². The van der Waals surface area contributed by atoms with Crippen LogP contribution in [-0.2, 0) is 19.0 Å². The number of rotatable bonds is 7. The van der Waals surface area contributed by atoms with E-state index < -0.39 is 13.8 Å². The molecule has 0 aliphatic carbocycles. The fourth-order valence-corrected chi connectivity index (χ4v) is 4.72. The molecule has 3 fully saturated rings. The summed E-state index contributed by atoms with van der Waals surface area (Å²) in [6.07, 6.45) is 4.89. The molecule has 0 bridgehead atoms. The highest BCUT2D eigenvalue weighted by Crippen LogP contribution is 2.42. The van der Waals surface area contributed by atoms with Gasteiger partial charge in [-0.1, -0.05) is 31.4 Å². The van der Waals surface area contributed by atoms with Crippen LogP contribution in [0.1, 0.15) is 20.3 Å².